The number of anilines is 2. The Balaban J connectivity index is 1.90. The van der Waals surface area contributed by atoms with Gasteiger partial charge in [0.05, 0.1) is 6.10 Å². The number of benzene rings is 1. The van der Waals surface area contributed by atoms with Gasteiger partial charge in [-0.15, -0.1) is 0 Å². The van der Waals surface area contributed by atoms with E-state index < -0.39 is 0 Å². The molecule has 1 fully saturated rings. The highest BCUT2D eigenvalue weighted by Gasteiger charge is 2.20. The first-order valence-electron chi connectivity index (χ1n) is 6.93. The lowest BCUT2D eigenvalue weighted by molar-refractivity contribution is -0.114. The first-order chi connectivity index (χ1) is 9.17. The summed E-state index contributed by atoms with van der Waals surface area (Å²) in [7, 11) is 0. The monoisotopic (exact) mass is 262 g/mol. The van der Waals surface area contributed by atoms with E-state index in [1.54, 1.807) is 0 Å². The van der Waals surface area contributed by atoms with Gasteiger partial charge in [-0.3, -0.25) is 4.79 Å². The zero-order valence-electron chi connectivity index (χ0n) is 11.6. The van der Waals surface area contributed by atoms with Crippen molar-refractivity contribution < 1.29 is 9.53 Å². The lowest BCUT2D eigenvalue weighted by Crippen LogP contribution is -2.33. The summed E-state index contributed by atoms with van der Waals surface area (Å²) in [6.07, 6.45) is 3.55. The van der Waals surface area contributed by atoms with Crippen LogP contribution in [0.15, 0.2) is 24.3 Å². The van der Waals surface area contributed by atoms with Crippen molar-refractivity contribution in [3.05, 3.63) is 24.3 Å². The Morgan fingerprint density at radius 3 is 2.63 bits per heavy atom. The molecule has 0 aliphatic carbocycles. The van der Waals surface area contributed by atoms with E-state index in [2.05, 4.69) is 17.6 Å². The first-order valence-corrected chi connectivity index (χ1v) is 6.93. The maximum atomic E-state index is 10.9. The van der Waals surface area contributed by atoms with Crippen LogP contribution >= 0.6 is 0 Å². The summed E-state index contributed by atoms with van der Waals surface area (Å²) >= 11 is 0. The number of carbonyl (C=O) groups excluding carboxylic acids is 1. The Morgan fingerprint density at radius 1 is 1.32 bits per heavy atom. The highest BCUT2D eigenvalue weighted by molar-refractivity contribution is 5.88. The molecule has 1 saturated heterocycles. The van der Waals surface area contributed by atoms with Gasteiger partial charge in [-0.05, 0) is 43.5 Å². The van der Waals surface area contributed by atoms with Crippen molar-refractivity contribution in [2.45, 2.75) is 45.3 Å². The zero-order valence-corrected chi connectivity index (χ0v) is 11.6. The zero-order chi connectivity index (χ0) is 13.7. The Morgan fingerprint density at radius 2 is 2.00 bits per heavy atom. The van der Waals surface area contributed by atoms with Gasteiger partial charge in [0.25, 0.3) is 0 Å². The number of rotatable bonds is 4. The van der Waals surface area contributed by atoms with E-state index in [-0.39, 0.29) is 5.91 Å². The molecule has 0 radical (unpaired) electrons. The van der Waals surface area contributed by atoms with Crippen LogP contribution in [0.4, 0.5) is 11.4 Å². The van der Waals surface area contributed by atoms with Crippen molar-refractivity contribution in [1.82, 2.24) is 0 Å². The second-order valence-corrected chi connectivity index (χ2v) is 5.03. The Bertz CT molecular complexity index is 417. The molecule has 1 aromatic carbocycles. The molecule has 0 saturated carbocycles. The van der Waals surface area contributed by atoms with E-state index in [4.69, 9.17) is 4.74 Å². The fourth-order valence-corrected chi connectivity index (χ4v) is 2.38. The summed E-state index contributed by atoms with van der Waals surface area (Å²) < 4.78 is 5.67. The van der Waals surface area contributed by atoms with Gasteiger partial charge in [0.15, 0.2) is 0 Å². The molecule has 1 aliphatic heterocycles. The lowest BCUT2D eigenvalue weighted by Gasteiger charge is -2.30. The van der Waals surface area contributed by atoms with Gasteiger partial charge in [-0.25, -0.2) is 0 Å². The molecule has 4 heteroatoms. The van der Waals surface area contributed by atoms with E-state index in [1.165, 1.54) is 6.92 Å². The van der Waals surface area contributed by atoms with Gasteiger partial charge in [0.1, 0.15) is 0 Å². The van der Waals surface area contributed by atoms with Crippen LogP contribution in [-0.2, 0) is 9.53 Å². The average Bonchev–Trinajstić information content (AvgIpc) is 2.41. The summed E-state index contributed by atoms with van der Waals surface area (Å²) in [5.74, 6) is -0.0454. The van der Waals surface area contributed by atoms with Gasteiger partial charge in [0, 0.05) is 30.9 Å². The minimum Gasteiger partial charge on any atom is -0.382 e. The second-order valence-electron chi connectivity index (χ2n) is 5.03. The van der Waals surface area contributed by atoms with Crippen LogP contribution in [0.2, 0.25) is 0 Å². The molecule has 0 spiro atoms. The molecule has 2 unspecified atom stereocenters. The van der Waals surface area contributed by atoms with E-state index in [0.717, 1.165) is 37.2 Å². The molecular formula is C15H22N2O2. The fraction of sp³-hybridized carbons (Fsp3) is 0.533. The number of amides is 1. The summed E-state index contributed by atoms with van der Waals surface area (Å²) in [4.78, 5) is 10.9. The van der Waals surface area contributed by atoms with Crippen molar-refractivity contribution >= 4 is 17.3 Å². The third-order valence-electron chi connectivity index (χ3n) is 3.40. The van der Waals surface area contributed by atoms with Crippen molar-refractivity contribution in [2.24, 2.45) is 0 Å². The molecule has 0 bridgehead atoms. The van der Waals surface area contributed by atoms with Crippen LogP contribution in [0, 0.1) is 0 Å². The Kier molecular flexibility index (Phi) is 4.80. The SMILES string of the molecule is CCC1CC(Nc2ccc(NC(C)=O)cc2)CCO1. The molecule has 1 aromatic rings. The predicted octanol–water partition coefficient (Wildman–Crippen LogP) is 3.01. The fourth-order valence-electron chi connectivity index (χ4n) is 2.38. The number of hydrogen-bond donors (Lipinski definition) is 2. The van der Waals surface area contributed by atoms with E-state index in [0.29, 0.717) is 12.1 Å². The highest BCUT2D eigenvalue weighted by atomic mass is 16.5. The molecule has 0 aromatic heterocycles. The molecule has 4 nitrogen and oxygen atoms in total. The normalized spacial score (nSPS) is 22.8. The van der Waals surface area contributed by atoms with E-state index in [1.807, 2.05) is 24.3 Å². The molecule has 1 aliphatic rings. The quantitative estimate of drug-likeness (QED) is 0.877. The third-order valence-corrected chi connectivity index (χ3v) is 3.40. The third kappa shape index (κ3) is 4.24. The van der Waals surface area contributed by atoms with Crippen LogP contribution in [0.3, 0.4) is 0 Å². The minimum absolute atomic E-state index is 0.0454. The number of nitrogens with one attached hydrogen (secondary N) is 2. The lowest BCUT2D eigenvalue weighted by atomic mass is 10.0. The topological polar surface area (TPSA) is 50.4 Å². The molecule has 1 amide bonds. The van der Waals surface area contributed by atoms with Crippen LogP contribution < -0.4 is 10.6 Å². The summed E-state index contributed by atoms with van der Waals surface area (Å²) in [5, 5.41) is 6.30. The standard InChI is InChI=1S/C15H22N2O2/c1-3-15-10-14(8-9-19-15)17-13-6-4-12(5-7-13)16-11(2)18/h4-7,14-15,17H,3,8-10H2,1-2H3,(H,16,18). The molecule has 2 rings (SSSR count). The number of ether oxygens (including phenoxy) is 1. The highest BCUT2D eigenvalue weighted by Crippen LogP contribution is 2.21. The maximum absolute atomic E-state index is 10.9. The van der Waals surface area contributed by atoms with Crippen LogP contribution in [0.1, 0.15) is 33.1 Å². The Hall–Kier alpha value is -1.55. The second kappa shape index (κ2) is 6.57. The molecule has 19 heavy (non-hydrogen) atoms. The first kappa shape index (κ1) is 13.9. The van der Waals surface area contributed by atoms with Crippen LogP contribution in [0.5, 0.6) is 0 Å². The van der Waals surface area contributed by atoms with Gasteiger partial charge in [-0.1, -0.05) is 6.92 Å². The predicted molar refractivity (Wildman–Crippen MR) is 77.4 cm³/mol. The van der Waals surface area contributed by atoms with Gasteiger partial charge in [-0.2, -0.15) is 0 Å². The van der Waals surface area contributed by atoms with E-state index in [9.17, 15) is 4.79 Å². The minimum atomic E-state index is -0.0454. The van der Waals surface area contributed by atoms with Crippen molar-refractivity contribution in [3.8, 4) is 0 Å². The maximum Gasteiger partial charge on any atom is 0.221 e. The number of carbonyl (C=O) groups is 1. The van der Waals surface area contributed by atoms with Crippen molar-refractivity contribution in [1.29, 1.82) is 0 Å². The van der Waals surface area contributed by atoms with Gasteiger partial charge in [0.2, 0.25) is 5.91 Å². The summed E-state index contributed by atoms with van der Waals surface area (Å²) in [5.41, 5.74) is 1.92. The summed E-state index contributed by atoms with van der Waals surface area (Å²) in [6, 6.07) is 8.31. The van der Waals surface area contributed by atoms with Crippen LogP contribution in [0.25, 0.3) is 0 Å². The van der Waals surface area contributed by atoms with Crippen LogP contribution in [-0.4, -0.2) is 24.7 Å². The summed E-state index contributed by atoms with van der Waals surface area (Å²) in [6.45, 7) is 4.51. The smallest absolute Gasteiger partial charge is 0.221 e. The van der Waals surface area contributed by atoms with Gasteiger partial charge >= 0.3 is 0 Å². The molecule has 2 N–H and O–H groups in total. The number of hydrogen-bond acceptors (Lipinski definition) is 3. The molecule has 104 valence electrons. The van der Waals surface area contributed by atoms with Crippen molar-refractivity contribution in [3.63, 3.8) is 0 Å². The van der Waals surface area contributed by atoms with E-state index >= 15 is 0 Å². The average molecular weight is 262 g/mol. The largest absolute Gasteiger partial charge is 0.382 e. The van der Waals surface area contributed by atoms with Crippen molar-refractivity contribution in [2.75, 3.05) is 17.2 Å². The molecule has 2 atom stereocenters. The Labute approximate surface area is 114 Å². The van der Waals surface area contributed by atoms with Gasteiger partial charge < -0.3 is 15.4 Å². The molecular weight excluding hydrogens is 240 g/mol. The molecule has 1 heterocycles.